The predicted octanol–water partition coefficient (Wildman–Crippen LogP) is 3.94. The third-order valence-electron chi connectivity index (χ3n) is 6.10. The van der Waals surface area contributed by atoms with Crippen LogP contribution in [0.25, 0.3) is 0 Å². The lowest BCUT2D eigenvalue weighted by Gasteiger charge is -2.44. The second-order valence-electron chi connectivity index (χ2n) is 7.83. The fourth-order valence-corrected chi connectivity index (χ4v) is 4.56. The highest BCUT2D eigenvalue weighted by molar-refractivity contribution is 6.06. The summed E-state index contributed by atoms with van der Waals surface area (Å²) in [6.07, 6.45) is 2.75. The normalized spacial score (nSPS) is 21.7. The van der Waals surface area contributed by atoms with E-state index >= 15 is 0 Å². The number of carbonyl (C=O) groups excluding carboxylic acids is 2. The van der Waals surface area contributed by atoms with E-state index in [2.05, 4.69) is 0 Å². The van der Waals surface area contributed by atoms with E-state index in [0.717, 1.165) is 24.1 Å². The van der Waals surface area contributed by atoms with Crippen LogP contribution in [0, 0.1) is 12.7 Å². The van der Waals surface area contributed by atoms with Gasteiger partial charge in [-0.05, 0) is 56.9 Å². The molecule has 29 heavy (non-hydrogen) atoms. The Kier molecular flexibility index (Phi) is 5.03. The fourth-order valence-electron chi connectivity index (χ4n) is 4.56. The van der Waals surface area contributed by atoms with E-state index < -0.39 is 17.3 Å². The second kappa shape index (κ2) is 7.50. The molecule has 152 valence electrons. The first-order valence-electron chi connectivity index (χ1n) is 10.0. The molecule has 2 heterocycles. The van der Waals surface area contributed by atoms with Crippen molar-refractivity contribution in [2.45, 2.75) is 38.1 Å². The van der Waals surface area contributed by atoms with E-state index in [0.29, 0.717) is 31.7 Å². The number of nitrogens with zero attached hydrogens (tertiary/aromatic N) is 2. The van der Waals surface area contributed by atoms with E-state index in [9.17, 15) is 14.0 Å². The first-order chi connectivity index (χ1) is 14.0. The van der Waals surface area contributed by atoms with Gasteiger partial charge in [0.05, 0.1) is 12.7 Å². The number of amides is 2. The van der Waals surface area contributed by atoms with Gasteiger partial charge in [-0.15, -0.1) is 0 Å². The molecule has 2 amide bonds. The molecule has 1 spiro atoms. The summed E-state index contributed by atoms with van der Waals surface area (Å²) >= 11 is 0. The molecule has 0 radical (unpaired) electrons. The molecule has 0 N–H and O–H groups in total. The molecule has 0 saturated carbocycles. The van der Waals surface area contributed by atoms with E-state index in [1.807, 2.05) is 31.2 Å². The Bertz CT molecular complexity index is 944. The number of methoxy groups -OCH3 is 1. The number of ether oxygens (including phenoxy) is 1. The zero-order valence-electron chi connectivity index (χ0n) is 16.8. The molecule has 6 heteroatoms. The van der Waals surface area contributed by atoms with Gasteiger partial charge in [0.1, 0.15) is 17.1 Å². The van der Waals surface area contributed by atoms with Crippen LogP contribution in [-0.4, -0.2) is 42.5 Å². The summed E-state index contributed by atoms with van der Waals surface area (Å²) in [6.45, 7) is 3.09. The van der Waals surface area contributed by atoms with Gasteiger partial charge in [0.2, 0.25) is 0 Å². The second-order valence-corrected chi connectivity index (χ2v) is 7.83. The van der Waals surface area contributed by atoms with Gasteiger partial charge in [-0.2, -0.15) is 0 Å². The van der Waals surface area contributed by atoms with Crippen LogP contribution in [0.2, 0.25) is 0 Å². The molecule has 2 saturated heterocycles. The Balaban J connectivity index is 1.66. The molecule has 2 aromatic rings. The number of hydrogen-bond donors (Lipinski definition) is 0. The standard InChI is InChI=1S/C23H25FN2O3/c1-16-5-7-17(8-6-16)25-13-3-11-23(22(25)28)12-4-14-26(23)21(27)19-10-9-18(29-2)15-20(19)24/h5-10,15H,3-4,11-14H2,1-2H3. The van der Waals surface area contributed by atoms with Crippen molar-refractivity contribution in [1.82, 2.24) is 4.90 Å². The molecule has 2 aromatic carbocycles. The molecule has 2 fully saturated rings. The van der Waals surface area contributed by atoms with Gasteiger partial charge in [-0.1, -0.05) is 17.7 Å². The highest BCUT2D eigenvalue weighted by atomic mass is 19.1. The molecule has 1 unspecified atom stereocenters. The maximum Gasteiger partial charge on any atom is 0.257 e. The van der Waals surface area contributed by atoms with Gasteiger partial charge in [0, 0.05) is 24.8 Å². The molecule has 0 bridgehead atoms. The number of carbonyl (C=O) groups is 2. The molecular weight excluding hydrogens is 371 g/mol. The summed E-state index contributed by atoms with van der Waals surface area (Å²) in [6, 6.07) is 12.1. The average molecular weight is 396 g/mol. The number of halogens is 1. The Morgan fingerprint density at radius 2 is 1.76 bits per heavy atom. The van der Waals surface area contributed by atoms with Gasteiger partial charge in [-0.25, -0.2) is 4.39 Å². The number of benzene rings is 2. The maximum absolute atomic E-state index is 14.6. The van der Waals surface area contributed by atoms with Crippen LogP contribution in [0.1, 0.15) is 41.6 Å². The van der Waals surface area contributed by atoms with Gasteiger partial charge in [0.25, 0.3) is 11.8 Å². The lowest BCUT2D eigenvalue weighted by atomic mass is 9.84. The number of hydrogen-bond acceptors (Lipinski definition) is 3. The summed E-state index contributed by atoms with van der Waals surface area (Å²) < 4.78 is 19.6. The first kappa shape index (κ1) is 19.4. The third kappa shape index (κ3) is 3.26. The minimum Gasteiger partial charge on any atom is -0.497 e. The summed E-state index contributed by atoms with van der Waals surface area (Å²) in [5.74, 6) is -0.765. The van der Waals surface area contributed by atoms with Crippen LogP contribution < -0.4 is 9.64 Å². The van der Waals surface area contributed by atoms with Crippen molar-refractivity contribution in [2.24, 2.45) is 0 Å². The molecule has 4 rings (SSSR count). The minimum absolute atomic E-state index is 0.0210. The molecule has 5 nitrogen and oxygen atoms in total. The van der Waals surface area contributed by atoms with Crippen molar-refractivity contribution < 1.29 is 18.7 Å². The monoisotopic (exact) mass is 396 g/mol. The largest absolute Gasteiger partial charge is 0.497 e. The molecule has 0 aromatic heterocycles. The zero-order valence-corrected chi connectivity index (χ0v) is 16.8. The van der Waals surface area contributed by atoms with Gasteiger partial charge < -0.3 is 14.5 Å². The molecule has 0 aliphatic carbocycles. The summed E-state index contributed by atoms with van der Waals surface area (Å²) in [4.78, 5) is 30.2. The topological polar surface area (TPSA) is 49.9 Å². The molecular formula is C23H25FN2O3. The zero-order chi connectivity index (χ0) is 20.6. The third-order valence-corrected chi connectivity index (χ3v) is 6.10. The molecule has 1 atom stereocenters. The molecule has 2 aliphatic heterocycles. The van der Waals surface area contributed by atoms with Crippen LogP contribution >= 0.6 is 0 Å². The minimum atomic E-state index is -0.896. The van der Waals surface area contributed by atoms with Crippen molar-refractivity contribution in [2.75, 3.05) is 25.1 Å². The highest BCUT2D eigenvalue weighted by Gasteiger charge is 2.53. The van der Waals surface area contributed by atoms with Crippen molar-refractivity contribution >= 4 is 17.5 Å². The Morgan fingerprint density at radius 3 is 2.41 bits per heavy atom. The van der Waals surface area contributed by atoms with Crippen LogP contribution in [0.5, 0.6) is 5.75 Å². The first-order valence-corrected chi connectivity index (χ1v) is 10.0. The van der Waals surface area contributed by atoms with Crippen LogP contribution in [-0.2, 0) is 4.79 Å². The Hall–Kier alpha value is -2.89. The van der Waals surface area contributed by atoms with Crippen LogP contribution in [0.4, 0.5) is 10.1 Å². The molecule has 2 aliphatic rings. The van der Waals surface area contributed by atoms with Gasteiger partial charge >= 0.3 is 0 Å². The maximum atomic E-state index is 14.6. The van der Waals surface area contributed by atoms with Crippen LogP contribution in [0.3, 0.4) is 0 Å². The quantitative estimate of drug-likeness (QED) is 0.790. The Labute approximate surface area is 170 Å². The number of piperidine rings is 1. The van der Waals surface area contributed by atoms with Crippen molar-refractivity contribution in [3.63, 3.8) is 0 Å². The average Bonchev–Trinajstić information content (AvgIpc) is 3.14. The Morgan fingerprint density at radius 1 is 1.07 bits per heavy atom. The summed E-state index contributed by atoms with van der Waals surface area (Å²) in [5.41, 5.74) is 1.05. The van der Waals surface area contributed by atoms with Gasteiger partial charge in [0.15, 0.2) is 0 Å². The lowest BCUT2D eigenvalue weighted by Crippen LogP contribution is -2.61. The number of likely N-dealkylation sites (tertiary alicyclic amines) is 1. The smallest absolute Gasteiger partial charge is 0.257 e. The predicted molar refractivity (Wildman–Crippen MR) is 109 cm³/mol. The fraction of sp³-hybridized carbons (Fsp3) is 0.391. The van der Waals surface area contributed by atoms with E-state index in [1.165, 1.54) is 19.2 Å². The number of anilines is 1. The van der Waals surface area contributed by atoms with Crippen molar-refractivity contribution in [1.29, 1.82) is 0 Å². The lowest BCUT2D eigenvalue weighted by molar-refractivity contribution is -0.130. The SMILES string of the molecule is COc1ccc(C(=O)N2CCCC23CCCN(c2ccc(C)cc2)C3=O)c(F)c1. The van der Waals surface area contributed by atoms with E-state index in [1.54, 1.807) is 15.9 Å². The summed E-state index contributed by atoms with van der Waals surface area (Å²) in [7, 11) is 1.45. The number of aryl methyl sites for hydroxylation is 1. The van der Waals surface area contributed by atoms with Gasteiger partial charge in [-0.3, -0.25) is 9.59 Å². The van der Waals surface area contributed by atoms with Crippen molar-refractivity contribution in [3.05, 3.63) is 59.4 Å². The van der Waals surface area contributed by atoms with Crippen LogP contribution in [0.15, 0.2) is 42.5 Å². The summed E-state index contributed by atoms with van der Waals surface area (Å²) in [5, 5.41) is 0. The van der Waals surface area contributed by atoms with E-state index in [-0.39, 0.29) is 11.5 Å². The highest BCUT2D eigenvalue weighted by Crippen LogP contribution is 2.40. The number of rotatable bonds is 3. The van der Waals surface area contributed by atoms with Crippen molar-refractivity contribution in [3.8, 4) is 5.75 Å². The van der Waals surface area contributed by atoms with E-state index in [4.69, 9.17) is 4.74 Å².